The fraction of sp³-hybridized carbons (Fsp3) is 0.333. The van der Waals surface area contributed by atoms with Gasteiger partial charge in [0.15, 0.2) is 16.2 Å². The van der Waals surface area contributed by atoms with Gasteiger partial charge in [-0.05, 0) is 37.7 Å². The van der Waals surface area contributed by atoms with Gasteiger partial charge in [-0.3, -0.25) is 4.57 Å². The number of pyridine rings is 1. The summed E-state index contributed by atoms with van der Waals surface area (Å²) in [7, 11) is 0. The van der Waals surface area contributed by atoms with E-state index in [1.165, 1.54) is 0 Å². The van der Waals surface area contributed by atoms with Crippen LogP contribution in [0.2, 0.25) is 0 Å². The first-order valence-electron chi connectivity index (χ1n) is 6.11. The van der Waals surface area contributed by atoms with E-state index >= 15 is 0 Å². The summed E-state index contributed by atoms with van der Waals surface area (Å²) in [6.07, 6.45) is 3.57. The van der Waals surface area contributed by atoms with Gasteiger partial charge in [-0.25, -0.2) is 4.98 Å². The number of aromatic nitrogens is 6. The molecule has 3 aromatic rings. The lowest BCUT2D eigenvalue weighted by Gasteiger charge is -2.05. The molecule has 0 radical (unpaired) electrons. The monoisotopic (exact) mass is 274 g/mol. The predicted molar refractivity (Wildman–Crippen MR) is 74.5 cm³/mol. The van der Waals surface area contributed by atoms with Crippen LogP contribution in [0, 0.1) is 11.7 Å². The van der Waals surface area contributed by atoms with Gasteiger partial charge in [-0.1, -0.05) is 0 Å². The minimum atomic E-state index is 0.572. The molecular formula is C12H14N6S. The van der Waals surface area contributed by atoms with Crippen LogP contribution in [0.1, 0.15) is 18.3 Å². The smallest absolute Gasteiger partial charge is 0.179 e. The summed E-state index contributed by atoms with van der Waals surface area (Å²) < 4.78 is 4.59. The van der Waals surface area contributed by atoms with Crippen LogP contribution in [0.4, 0.5) is 0 Å². The van der Waals surface area contributed by atoms with Crippen LogP contribution >= 0.6 is 12.2 Å². The molecule has 3 aromatic heterocycles. The zero-order valence-corrected chi connectivity index (χ0v) is 11.6. The molecule has 0 aromatic carbocycles. The lowest BCUT2D eigenvalue weighted by atomic mass is 10.3. The molecule has 7 heteroatoms. The molecule has 19 heavy (non-hydrogen) atoms. The normalized spacial score (nSPS) is 11.3. The van der Waals surface area contributed by atoms with Gasteiger partial charge in [0.2, 0.25) is 0 Å². The Morgan fingerprint density at radius 3 is 3.05 bits per heavy atom. The van der Waals surface area contributed by atoms with Gasteiger partial charge in [0, 0.05) is 12.7 Å². The second-order valence-corrected chi connectivity index (χ2v) is 4.82. The summed E-state index contributed by atoms with van der Waals surface area (Å²) in [4.78, 5) is 7.62. The van der Waals surface area contributed by atoms with Gasteiger partial charge in [-0.2, -0.15) is 0 Å². The average Bonchev–Trinajstić information content (AvgIpc) is 2.95. The first kappa shape index (κ1) is 12.0. The summed E-state index contributed by atoms with van der Waals surface area (Å²) >= 11 is 5.36. The van der Waals surface area contributed by atoms with Gasteiger partial charge in [0.25, 0.3) is 0 Å². The highest BCUT2D eigenvalue weighted by Crippen LogP contribution is 2.14. The number of imidazole rings is 1. The Bertz CT molecular complexity index is 781. The van der Waals surface area contributed by atoms with E-state index in [4.69, 9.17) is 12.2 Å². The molecule has 0 spiro atoms. The van der Waals surface area contributed by atoms with E-state index in [1.54, 1.807) is 6.33 Å². The molecular weight excluding hydrogens is 260 g/mol. The van der Waals surface area contributed by atoms with Crippen LogP contribution in [-0.4, -0.2) is 29.3 Å². The number of nitrogens with zero attached hydrogens (tertiary/aromatic N) is 5. The number of aryl methyl sites for hydroxylation is 2. The number of nitrogens with one attached hydrogen (secondary N) is 1. The van der Waals surface area contributed by atoms with Crippen LogP contribution < -0.4 is 0 Å². The quantitative estimate of drug-likeness (QED) is 0.743. The van der Waals surface area contributed by atoms with Crippen molar-refractivity contribution in [3.63, 3.8) is 0 Å². The Balaban J connectivity index is 2.10. The van der Waals surface area contributed by atoms with Gasteiger partial charge in [0.1, 0.15) is 6.33 Å². The van der Waals surface area contributed by atoms with Crippen LogP contribution in [0.3, 0.4) is 0 Å². The molecule has 1 N–H and O–H groups in total. The SMILES string of the molecule is CCn1cnnc1Cn1c(=S)[nH]c2cc(C)cnc21. The zero-order valence-electron chi connectivity index (χ0n) is 10.8. The average molecular weight is 274 g/mol. The Kier molecular flexibility index (Phi) is 2.90. The number of fused-ring (bicyclic) bond motifs is 1. The maximum atomic E-state index is 5.36. The molecule has 0 aliphatic rings. The molecule has 3 heterocycles. The second-order valence-electron chi connectivity index (χ2n) is 4.43. The van der Waals surface area contributed by atoms with Crippen LogP contribution in [0.25, 0.3) is 11.2 Å². The summed E-state index contributed by atoms with van der Waals surface area (Å²) in [6.45, 7) is 5.48. The van der Waals surface area contributed by atoms with Crippen LogP contribution in [0.5, 0.6) is 0 Å². The lowest BCUT2D eigenvalue weighted by molar-refractivity contribution is 0.653. The molecule has 0 saturated carbocycles. The molecule has 3 rings (SSSR count). The predicted octanol–water partition coefficient (Wildman–Crippen LogP) is 2.06. The number of rotatable bonds is 3. The van der Waals surface area contributed by atoms with Crippen molar-refractivity contribution in [1.29, 1.82) is 0 Å². The summed E-state index contributed by atoms with van der Waals surface area (Å²) in [5, 5.41) is 8.06. The molecule has 0 bridgehead atoms. The van der Waals surface area contributed by atoms with Gasteiger partial charge in [0.05, 0.1) is 12.1 Å². The van der Waals surface area contributed by atoms with Crippen molar-refractivity contribution >= 4 is 23.4 Å². The Morgan fingerprint density at radius 1 is 1.42 bits per heavy atom. The highest BCUT2D eigenvalue weighted by Gasteiger charge is 2.10. The fourth-order valence-electron chi connectivity index (χ4n) is 2.10. The molecule has 98 valence electrons. The summed E-state index contributed by atoms with van der Waals surface area (Å²) in [5.41, 5.74) is 2.90. The van der Waals surface area contributed by atoms with Gasteiger partial charge < -0.3 is 9.55 Å². The molecule has 0 amide bonds. The highest BCUT2D eigenvalue weighted by atomic mass is 32.1. The highest BCUT2D eigenvalue weighted by molar-refractivity contribution is 7.71. The standard InChI is InChI=1S/C12H14N6S/c1-3-17-7-14-16-10(17)6-18-11-9(15-12(18)19)4-8(2)5-13-11/h4-5,7H,3,6H2,1-2H3,(H,15,19). The van der Waals surface area contributed by atoms with E-state index in [1.807, 2.05) is 28.3 Å². The molecule has 0 fully saturated rings. The van der Waals surface area contributed by atoms with Gasteiger partial charge in [-0.15, -0.1) is 10.2 Å². The maximum Gasteiger partial charge on any atom is 0.179 e. The van der Waals surface area contributed by atoms with Crippen molar-refractivity contribution in [3.8, 4) is 0 Å². The minimum absolute atomic E-state index is 0.572. The number of aromatic amines is 1. The third-order valence-electron chi connectivity index (χ3n) is 3.08. The number of hydrogen-bond donors (Lipinski definition) is 1. The van der Waals surface area contributed by atoms with E-state index in [0.717, 1.165) is 29.1 Å². The fourth-order valence-corrected chi connectivity index (χ4v) is 2.36. The van der Waals surface area contributed by atoms with Crippen LogP contribution in [0.15, 0.2) is 18.6 Å². The zero-order chi connectivity index (χ0) is 13.4. The molecule has 0 aliphatic carbocycles. The van der Waals surface area contributed by atoms with Crippen molar-refractivity contribution in [1.82, 2.24) is 29.3 Å². The van der Waals surface area contributed by atoms with E-state index in [0.29, 0.717) is 11.3 Å². The lowest BCUT2D eigenvalue weighted by Crippen LogP contribution is -2.08. The van der Waals surface area contributed by atoms with Crippen molar-refractivity contribution < 1.29 is 0 Å². The Hall–Kier alpha value is -2.02. The molecule has 0 saturated heterocycles. The summed E-state index contributed by atoms with van der Waals surface area (Å²) in [5.74, 6) is 0.877. The first-order valence-corrected chi connectivity index (χ1v) is 6.51. The van der Waals surface area contributed by atoms with Crippen molar-refractivity contribution in [2.45, 2.75) is 26.9 Å². The van der Waals surface area contributed by atoms with Crippen LogP contribution in [-0.2, 0) is 13.1 Å². The van der Waals surface area contributed by atoms with Crippen molar-refractivity contribution in [2.75, 3.05) is 0 Å². The molecule has 0 aliphatic heterocycles. The van der Waals surface area contributed by atoms with E-state index in [-0.39, 0.29) is 0 Å². The first-order chi connectivity index (χ1) is 9.19. The second kappa shape index (κ2) is 4.58. The topological polar surface area (TPSA) is 64.3 Å². The van der Waals surface area contributed by atoms with E-state index in [9.17, 15) is 0 Å². The third kappa shape index (κ3) is 2.06. The van der Waals surface area contributed by atoms with E-state index in [2.05, 4.69) is 27.1 Å². The van der Waals surface area contributed by atoms with Gasteiger partial charge >= 0.3 is 0 Å². The Labute approximate surface area is 115 Å². The largest absolute Gasteiger partial charge is 0.329 e. The van der Waals surface area contributed by atoms with Crippen molar-refractivity contribution in [3.05, 3.63) is 34.7 Å². The minimum Gasteiger partial charge on any atom is -0.329 e. The number of hydrogen-bond acceptors (Lipinski definition) is 4. The maximum absolute atomic E-state index is 5.36. The Morgan fingerprint density at radius 2 is 2.26 bits per heavy atom. The molecule has 6 nitrogen and oxygen atoms in total. The molecule has 0 atom stereocenters. The van der Waals surface area contributed by atoms with Crippen molar-refractivity contribution in [2.24, 2.45) is 0 Å². The van der Waals surface area contributed by atoms with E-state index < -0.39 is 0 Å². The number of H-pyrrole nitrogens is 1. The third-order valence-corrected chi connectivity index (χ3v) is 3.40. The molecule has 0 unspecified atom stereocenters. The summed E-state index contributed by atoms with van der Waals surface area (Å²) in [6, 6.07) is 2.04.